The molecule has 3 aromatic carbocycles. The molecule has 3 amide bonds. The maximum atomic E-state index is 13.1. The summed E-state index contributed by atoms with van der Waals surface area (Å²) in [6.07, 6.45) is 0. The highest BCUT2D eigenvalue weighted by atomic mass is 16.6. The normalized spacial score (nSPS) is 17.3. The number of nitro benzene ring substituents is 1. The van der Waals surface area contributed by atoms with Gasteiger partial charge in [-0.3, -0.25) is 29.4 Å². The minimum Gasteiger partial charge on any atom is -0.354 e. The summed E-state index contributed by atoms with van der Waals surface area (Å²) in [5.74, 6) is -1.10. The number of rotatable bonds is 4. The molecule has 0 radical (unpaired) electrons. The Kier molecular flexibility index (Phi) is 5.21. The Morgan fingerprint density at radius 1 is 0.972 bits per heavy atom. The van der Waals surface area contributed by atoms with Crippen LogP contribution in [0.2, 0.25) is 0 Å². The van der Waals surface area contributed by atoms with E-state index in [0.29, 0.717) is 39.3 Å². The van der Waals surface area contributed by atoms with E-state index in [1.807, 2.05) is 30.3 Å². The van der Waals surface area contributed by atoms with E-state index in [-0.39, 0.29) is 17.2 Å². The molecule has 0 aliphatic carbocycles. The summed E-state index contributed by atoms with van der Waals surface area (Å²) >= 11 is 0. The molecule has 0 unspecified atom stereocenters. The molecule has 2 heterocycles. The van der Waals surface area contributed by atoms with Gasteiger partial charge in [-0.15, -0.1) is 0 Å². The number of hydrogen-bond acceptors (Lipinski definition) is 6. The maximum absolute atomic E-state index is 13.1. The predicted molar refractivity (Wildman–Crippen MR) is 135 cm³/mol. The molecular formula is C27H22N4O5. The Balaban J connectivity index is 1.68. The van der Waals surface area contributed by atoms with Crippen molar-refractivity contribution in [2.75, 3.05) is 17.7 Å². The first-order valence-corrected chi connectivity index (χ1v) is 11.2. The Morgan fingerprint density at radius 2 is 1.69 bits per heavy atom. The maximum Gasteiger partial charge on any atom is 0.270 e. The highest BCUT2D eigenvalue weighted by Gasteiger charge is 2.43. The van der Waals surface area contributed by atoms with Crippen LogP contribution in [0.15, 0.2) is 66.7 Å². The van der Waals surface area contributed by atoms with Gasteiger partial charge in [0.25, 0.3) is 17.5 Å². The highest BCUT2D eigenvalue weighted by molar-refractivity contribution is 6.37. The van der Waals surface area contributed by atoms with Crippen molar-refractivity contribution in [2.45, 2.75) is 19.3 Å². The van der Waals surface area contributed by atoms with Gasteiger partial charge in [-0.05, 0) is 43.2 Å². The Labute approximate surface area is 206 Å². The molecule has 0 aromatic heterocycles. The minimum absolute atomic E-state index is 0.135. The lowest BCUT2D eigenvalue weighted by Gasteiger charge is -2.35. The second-order valence-electron chi connectivity index (χ2n) is 9.24. The molecular weight excluding hydrogens is 460 g/mol. The third-order valence-corrected chi connectivity index (χ3v) is 6.61. The standard InChI is InChI=1S/C27H22N4O5/c1-27(2)20-11-9-16(13-18(20)25(33)30(3)26(27)34)28-23(15-7-5-4-6-8-15)22-19-14-17(31(35)36)10-12-21(19)29-24(22)32/h4-14,28H,1-3H3,(H,29,32)/b23-22-. The molecule has 0 spiro atoms. The quantitative estimate of drug-likeness (QED) is 0.246. The molecule has 0 saturated carbocycles. The summed E-state index contributed by atoms with van der Waals surface area (Å²) in [5, 5.41) is 17.4. The third-order valence-electron chi connectivity index (χ3n) is 6.61. The first-order valence-electron chi connectivity index (χ1n) is 11.2. The van der Waals surface area contributed by atoms with Crippen molar-refractivity contribution >= 4 is 46.1 Å². The minimum atomic E-state index is -0.875. The van der Waals surface area contributed by atoms with E-state index in [2.05, 4.69) is 10.6 Å². The Morgan fingerprint density at radius 3 is 2.39 bits per heavy atom. The van der Waals surface area contributed by atoms with Gasteiger partial charge in [0, 0.05) is 41.7 Å². The van der Waals surface area contributed by atoms with Crippen LogP contribution in [0.4, 0.5) is 17.1 Å². The van der Waals surface area contributed by atoms with Crippen molar-refractivity contribution in [3.05, 3.63) is 99.1 Å². The molecule has 2 aliphatic heterocycles. The van der Waals surface area contributed by atoms with E-state index in [4.69, 9.17) is 0 Å². The summed E-state index contributed by atoms with van der Waals surface area (Å²) in [6.45, 7) is 3.54. The SMILES string of the molecule is CN1C(=O)c2cc(N/C(=C3\C(=O)Nc4ccc([N+](=O)[O-])cc43)c3ccccc3)ccc2C(C)(C)C1=O. The fourth-order valence-corrected chi connectivity index (χ4v) is 4.70. The number of carbonyl (C=O) groups is 3. The first kappa shape index (κ1) is 23.0. The van der Waals surface area contributed by atoms with E-state index >= 15 is 0 Å². The van der Waals surface area contributed by atoms with Crippen LogP contribution < -0.4 is 10.6 Å². The second-order valence-corrected chi connectivity index (χ2v) is 9.24. The fraction of sp³-hybridized carbons (Fsp3) is 0.148. The zero-order valence-electron chi connectivity index (χ0n) is 19.8. The van der Waals surface area contributed by atoms with E-state index < -0.39 is 22.2 Å². The van der Waals surface area contributed by atoms with Crippen LogP contribution in [0.1, 0.15) is 40.9 Å². The van der Waals surface area contributed by atoms with Crippen LogP contribution >= 0.6 is 0 Å². The molecule has 9 heteroatoms. The number of fused-ring (bicyclic) bond motifs is 2. The number of anilines is 2. The molecule has 3 aromatic rings. The van der Waals surface area contributed by atoms with Crippen molar-refractivity contribution in [3.8, 4) is 0 Å². The number of imide groups is 1. The van der Waals surface area contributed by atoms with Crippen LogP contribution in [-0.2, 0) is 15.0 Å². The van der Waals surface area contributed by atoms with Crippen molar-refractivity contribution in [3.63, 3.8) is 0 Å². The molecule has 2 N–H and O–H groups in total. The molecule has 9 nitrogen and oxygen atoms in total. The van der Waals surface area contributed by atoms with Gasteiger partial charge >= 0.3 is 0 Å². The number of hydrogen-bond donors (Lipinski definition) is 2. The number of nitro groups is 1. The smallest absolute Gasteiger partial charge is 0.270 e. The molecule has 2 aliphatic rings. The predicted octanol–water partition coefficient (Wildman–Crippen LogP) is 4.42. The van der Waals surface area contributed by atoms with Crippen molar-refractivity contribution in [2.24, 2.45) is 0 Å². The van der Waals surface area contributed by atoms with Crippen LogP contribution in [-0.4, -0.2) is 34.6 Å². The van der Waals surface area contributed by atoms with E-state index in [1.54, 1.807) is 32.0 Å². The number of nitrogens with one attached hydrogen (secondary N) is 2. The van der Waals surface area contributed by atoms with Gasteiger partial charge in [-0.25, -0.2) is 0 Å². The number of nitrogens with zero attached hydrogens (tertiary/aromatic N) is 2. The molecule has 0 bridgehead atoms. The lowest BCUT2D eigenvalue weighted by Crippen LogP contribution is -2.49. The van der Waals surface area contributed by atoms with E-state index in [0.717, 1.165) is 4.90 Å². The zero-order chi connectivity index (χ0) is 25.8. The lowest BCUT2D eigenvalue weighted by molar-refractivity contribution is -0.384. The van der Waals surface area contributed by atoms with Gasteiger partial charge in [-0.2, -0.15) is 0 Å². The molecule has 0 atom stereocenters. The third kappa shape index (κ3) is 3.52. The van der Waals surface area contributed by atoms with Crippen LogP contribution in [0.25, 0.3) is 11.3 Å². The van der Waals surface area contributed by atoms with Gasteiger partial charge < -0.3 is 10.6 Å². The summed E-state index contributed by atoms with van der Waals surface area (Å²) in [5.41, 5.74) is 2.75. The number of likely N-dealkylation sites (N-methyl/N-ethyl adjacent to an activating group) is 1. The molecule has 5 rings (SSSR count). The molecule has 36 heavy (non-hydrogen) atoms. The van der Waals surface area contributed by atoms with Crippen LogP contribution in [0.3, 0.4) is 0 Å². The van der Waals surface area contributed by atoms with Crippen molar-refractivity contribution < 1.29 is 19.3 Å². The average Bonchev–Trinajstić information content (AvgIpc) is 3.20. The van der Waals surface area contributed by atoms with Gasteiger partial charge in [-0.1, -0.05) is 36.4 Å². The summed E-state index contributed by atoms with van der Waals surface area (Å²) in [6, 6.07) is 18.5. The fourth-order valence-electron chi connectivity index (χ4n) is 4.70. The lowest BCUT2D eigenvalue weighted by atomic mass is 9.77. The van der Waals surface area contributed by atoms with Crippen molar-refractivity contribution in [1.82, 2.24) is 4.90 Å². The number of amides is 3. The van der Waals surface area contributed by atoms with Gasteiger partial charge in [0.05, 0.1) is 21.6 Å². The number of carbonyl (C=O) groups excluding carboxylic acids is 3. The van der Waals surface area contributed by atoms with Gasteiger partial charge in [0.1, 0.15) is 0 Å². The Bertz CT molecular complexity index is 1510. The van der Waals surface area contributed by atoms with Crippen molar-refractivity contribution in [1.29, 1.82) is 0 Å². The van der Waals surface area contributed by atoms with Crippen LogP contribution in [0.5, 0.6) is 0 Å². The van der Waals surface area contributed by atoms with E-state index in [9.17, 15) is 24.5 Å². The largest absolute Gasteiger partial charge is 0.354 e. The van der Waals surface area contributed by atoms with Crippen LogP contribution in [0, 0.1) is 10.1 Å². The molecule has 0 fully saturated rings. The monoisotopic (exact) mass is 482 g/mol. The topological polar surface area (TPSA) is 122 Å². The zero-order valence-corrected chi connectivity index (χ0v) is 19.8. The van der Waals surface area contributed by atoms with Gasteiger partial charge in [0.15, 0.2) is 0 Å². The number of non-ortho nitro benzene ring substituents is 1. The molecule has 180 valence electrons. The summed E-state index contributed by atoms with van der Waals surface area (Å²) in [7, 11) is 1.46. The second kappa shape index (κ2) is 8.16. The molecule has 0 saturated heterocycles. The summed E-state index contributed by atoms with van der Waals surface area (Å²) < 4.78 is 0. The average molecular weight is 482 g/mol. The number of benzene rings is 3. The Hall–Kier alpha value is -4.79. The summed E-state index contributed by atoms with van der Waals surface area (Å²) in [4.78, 5) is 50.7. The van der Waals surface area contributed by atoms with Gasteiger partial charge in [0.2, 0.25) is 5.91 Å². The first-order chi connectivity index (χ1) is 17.1. The van der Waals surface area contributed by atoms with E-state index in [1.165, 1.54) is 25.2 Å². The highest BCUT2D eigenvalue weighted by Crippen LogP contribution is 2.40.